The van der Waals surface area contributed by atoms with Gasteiger partial charge in [-0.25, -0.2) is 0 Å². The van der Waals surface area contributed by atoms with Crippen molar-refractivity contribution in [1.29, 1.82) is 0 Å². The first-order chi connectivity index (χ1) is 33.5. The van der Waals surface area contributed by atoms with E-state index >= 15 is 0 Å². The van der Waals surface area contributed by atoms with E-state index in [9.17, 15) is 0 Å². The molecule has 13 rings (SSSR count). The van der Waals surface area contributed by atoms with E-state index in [1.54, 1.807) is 0 Å². The number of fused-ring (bicyclic) bond motifs is 11. The van der Waals surface area contributed by atoms with E-state index in [-0.39, 0.29) is 39.2 Å². The molecule has 0 unspecified atom stereocenters. The molecule has 5 aliphatic rings. The van der Waals surface area contributed by atoms with Crippen LogP contribution in [0.25, 0.3) is 33.1 Å². The highest BCUT2D eigenvalue weighted by atomic mass is 16.3. The molecular weight excluding hydrogens is 860 g/mol. The summed E-state index contributed by atoms with van der Waals surface area (Å²) in [6.45, 7) is 34.3. The average molecular weight is 931 g/mol. The van der Waals surface area contributed by atoms with Crippen molar-refractivity contribution in [3.63, 3.8) is 0 Å². The lowest BCUT2D eigenvalue weighted by atomic mass is 9.33. The molecule has 0 N–H and O–H groups in total. The van der Waals surface area contributed by atoms with Gasteiger partial charge in [-0.1, -0.05) is 150 Å². The minimum absolute atomic E-state index is 0.00599. The van der Waals surface area contributed by atoms with E-state index in [1.807, 2.05) is 0 Å². The maximum atomic E-state index is 7.30. The zero-order valence-corrected chi connectivity index (χ0v) is 44.9. The highest BCUT2D eigenvalue weighted by Crippen LogP contribution is 2.56. The quantitative estimate of drug-likeness (QED) is 0.165. The first kappa shape index (κ1) is 44.9. The predicted molar refractivity (Wildman–Crippen MR) is 304 cm³/mol. The van der Waals surface area contributed by atoms with Crippen molar-refractivity contribution in [3.05, 3.63) is 160 Å². The minimum atomic E-state index is -0.0991. The Bertz CT molecular complexity index is 3620. The molecule has 0 atom stereocenters. The molecule has 2 aliphatic heterocycles. The third-order valence-electron chi connectivity index (χ3n) is 19.0. The maximum absolute atomic E-state index is 7.30. The Hall–Kier alpha value is -6.00. The number of para-hydroxylation sites is 1. The molecule has 1 aromatic heterocycles. The molecule has 4 heteroatoms. The van der Waals surface area contributed by atoms with E-state index in [0.717, 1.165) is 30.4 Å². The second kappa shape index (κ2) is 14.4. The van der Waals surface area contributed by atoms with Gasteiger partial charge in [0.2, 0.25) is 0 Å². The van der Waals surface area contributed by atoms with Gasteiger partial charge in [0.15, 0.2) is 0 Å². The molecule has 0 bridgehead atoms. The number of rotatable bonds is 3. The van der Waals surface area contributed by atoms with Crippen molar-refractivity contribution in [3.8, 4) is 11.1 Å². The second-order valence-corrected chi connectivity index (χ2v) is 26.7. The molecule has 0 saturated carbocycles. The maximum Gasteiger partial charge on any atom is 0.257 e. The van der Waals surface area contributed by atoms with Crippen molar-refractivity contribution in [2.45, 2.75) is 162 Å². The SMILES string of the molecule is Cc1cc2c(cc1N1c3cc4c(cc3B3c5c1cc(-c1ccccc1)cc5N(c1cc5c(cc1C)C(C)(C)CCC5(C)C)c1ccc5c(oc6ccccc65)c13)C(C)(C)CC4(C)C)C(C)(C)CCC2(C)C. The first-order valence-corrected chi connectivity index (χ1v) is 26.8. The molecule has 3 nitrogen and oxygen atoms in total. The van der Waals surface area contributed by atoms with Gasteiger partial charge in [0.1, 0.15) is 11.2 Å². The van der Waals surface area contributed by atoms with Gasteiger partial charge >= 0.3 is 0 Å². The van der Waals surface area contributed by atoms with Gasteiger partial charge in [-0.15, -0.1) is 0 Å². The van der Waals surface area contributed by atoms with Gasteiger partial charge in [-0.05, 0) is 199 Å². The largest absolute Gasteiger partial charge is 0.457 e. The van der Waals surface area contributed by atoms with Crippen LogP contribution in [0.1, 0.15) is 160 Å². The molecule has 0 amide bonds. The van der Waals surface area contributed by atoms with E-state index in [2.05, 4.69) is 222 Å². The topological polar surface area (TPSA) is 19.6 Å². The summed E-state index contributed by atoms with van der Waals surface area (Å²) < 4.78 is 7.30. The highest BCUT2D eigenvalue weighted by molar-refractivity contribution is 7.01. The fraction of sp³-hybridized carbons (Fsp3) is 0.373. The Kier molecular flexibility index (Phi) is 9.08. The molecule has 0 spiro atoms. The molecule has 0 saturated heterocycles. The lowest BCUT2D eigenvalue weighted by molar-refractivity contribution is 0.332. The predicted octanol–water partition coefficient (Wildman–Crippen LogP) is 16.6. The molecule has 358 valence electrons. The molecule has 0 fully saturated rings. The van der Waals surface area contributed by atoms with Crippen LogP contribution in [-0.2, 0) is 32.5 Å². The van der Waals surface area contributed by atoms with Crippen LogP contribution < -0.4 is 26.2 Å². The zero-order chi connectivity index (χ0) is 49.7. The van der Waals surface area contributed by atoms with Crippen LogP contribution in [0.5, 0.6) is 0 Å². The number of aryl methyl sites for hydroxylation is 2. The number of furan rings is 1. The fourth-order valence-electron chi connectivity index (χ4n) is 14.9. The lowest BCUT2D eigenvalue weighted by Gasteiger charge is -2.47. The average Bonchev–Trinajstić information content (AvgIpc) is 3.79. The summed E-state index contributed by atoms with van der Waals surface area (Å²) in [5, 5.41) is 2.35. The molecule has 8 aromatic rings. The first-order valence-electron chi connectivity index (χ1n) is 26.8. The Balaban J connectivity index is 1.21. The third kappa shape index (κ3) is 6.28. The number of benzene rings is 7. The number of hydrogen-bond donors (Lipinski definition) is 0. The molecule has 3 aliphatic carbocycles. The summed E-state index contributed by atoms with van der Waals surface area (Å²) in [6.07, 6.45) is 5.79. The van der Waals surface area contributed by atoms with Crippen LogP contribution in [0, 0.1) is 13.8 Å². The Labute approximate surface area is 423 Å². The standard InChI is InChI=1S/C67H71BN2O/c1-39-30-45-48(64(7,8)28-26-62(45,3)4)35-53(39)69-52-25-24-44-43-22-18-19-23-58(43)71-61(44)60(52)68-51-34-47-50(67(13,14)38-66(47,11)12)37-55(51)70(57-33-42(32-56(69)59(57)68)41-20-16-15-17-21-41)54-36-49-46(31-40(54)2)63(5,6)27-29-65(49,9)10/h15-25,30-37H,26-29,38H2,1-14H3. The van der Waals surface area contributed by atoms with E-state index in [0.29, 0.717) is 0 Å². The number of nitrogens with zero attached hydrogens (tertiary/aromatic N) is 2. The van der Waals surface area contributed by atoms with Crippen molar-refractivity contribution >= 4 is 79.2 Å². The lowest BCUT2D eigenvalue weighted by Crippen LogP contribution is -2.62. The highest BCUT2D eigenvalue weighted by Gasteiger charge is 2.50. The van der Waals surface area contributed by atoms with Crippen molar-refractivity contribution in [1.82, 2.24) is 0 Å². The van der Waals surface area contributed by atoms with Crippen LogP contribution in [0.4, 0.5) is 34.1 Å². The van der Waals surface area contributed by atoms with Crippen molar-refractivity contribution in [2.24, 2.45) is 0 Å². The van der Waals surface area contributed by atoms with Crippen LogP contribution in [0.3, 0.4) is 0 Å². The Morgan fingerprint density at radius 2 is 0.859 bits per heavy atom. The van der Waals surface area contributed by atoms with E-state index in [4.69, 9.17) is 4.42 Å². The zero-order valence-electron chi connectivity index (χ0n) is 44.9. The van der Waals surface area contributed by atoms with Gasteiger partial charge in [-0.3, -0.25) is 0 Å². The summed E-state index contributed by atoms with van der Waals surface area (Å²) in [7, 11) is 0. The Morgan fingerprint density at radius 1 is 0.394 bits per heavy atom. The minimum Gasteiger partial charge on any atom is -0.457 e. The summed E-state index contributed by atoms with van der Waals surface area (Å²) in [4.78, 5) is 5.41. The van der Waals surface area contributed by atoms with Crippen LogP contribution in [0.2, 0.25) is 0 Å². The summed E-state index contributed by atoms with van der Waals surface area (Å²) in [5.74, 6) is 0. The van der Waals surface area contributed by atoms with Crippen molar-refractivity contribution in [2.75, 3.05) is 9.80 Å². The van der Waals surface area contributed by atoms with Crippen LogP contribution >= 0.6 is 0 Å². The van der Waals surface area contributed by atoms with Gasteiger partial charge in [0.05, 0.1) is 0 Å². The van der Waals surface area contributed by atoms with Crippen molar-refractivity contribution < 1.29 is 4.42 Å². The summed E-state index contributed by atoms with van der Waals surface area (Å²) >= 11 is 0. The normalized spacial score (nSPS) is 20.0. The second-order valence-electron chi connectivity index (χ2n) is 26.7. The number of anilines is 6. The molecule has 7 aromatic carbocycles. The van der Waals surface area contributed by atoms with Crippen LogP contribution in [0.15, 0.2) is 120 Å². The van der Waals surface area contributed by atoms with Gasteiger partial charge < -0.3 is 14.2 Å². The monoisotopic (exact) mass is 931 g/mol. The fourth-order valence-corrected chi connectivity index (χ4v) is 14.9. The molecular formula is C67H71BN2O. The van der Waals surface area contributed by atoms with E-state index in [1.165, 1.54) is 130 Å². The van der Waals surface area contributed by atoms with E-state index < -0.39 is 0 Å². The number of hydrogen-bond acceptors (Lipinski definition) is 3. The van der Waals surface area contributed by atoms with Gasteiger partial charge in [0.25, 0.3) is 6.71 Å². The van der Waals surface area contributed by atoms with Crippen LogP contribution in [-0.4, -0.2) is 6.71 Å². The smallest absolute Gasteiger partial charge is 0.257 e. The van der Waals surface area contributed by atoms with Gasteiger partial charge in [0, 0.05) is 44.9 Å². The third-order valence-corrected chi connectivity index (χ3v) is 19.0. The molecule has 0 radical (unpaired) electrons. The molecule has 3 heterocycles. The summed E-state index contributed by atoms with van der Waals surface area (Å²) in [5.41, 5.74) is 27.7. The molecule has 71 heavy (non-hydrogen) atoms. The Morgan fingerprint density at radius 3 is 1.42 bits per heavy atom. The van der Waals surface area contributed by atoms with Gasteiger partial charge in [-0.2, -0.15) is 0 Å². The summed E-state index contributed by atoms with van der Waals surface area (Å²) in [6, 6.07) is 45.4.